The molecule has 2 aromatic rings. The summed E-state index contributed by atoms with van der Waals surface area (Å²) in [6, 6.07) is 9.78. The summed E-state index contributed by atoms with van der Waals surface area (Å²) in [5, 5.41) is 0.824. The van der Waals surface area contributed by atoms with Crippen molar-refractivity contribution in [2.75, 3.05) is 6.61 Å². The summed E-state index contributed by atoms with van der Waals surface area (Å²) in [6.45, 7) is 3.28. The zero-order valence-electron chi connectivity index (χ0n) is 14.6. The molecule has 0 aromatic heterocycles. The molecule has 0 saturated carbocycles. The van der Waals surface area contributed by atoms with Crippen molar-refractivity contribution in [3.63, 3.8) is 0 Å². The normalized spacial score (nSPS) is 14.3. The van der Waals surface area contributed by atoms with Crippen LogP contribution in [0.1, 0.15) is 29.8 Å². The van der Waals surface area contributed by atoms with Gasteiger partial charge in [0.25, 0.3) is 0 Å². The molecule has 3 rings (SSSR count). The predicted molar refractivity (Wildman–Crippen MR) is 103 cm³/mol. The van der Waals surface area contributed by atoms with E-state index in [1.165, 1.54) is 6.08 Å². The van der Waals surface area contributed by atoms with Crippen LogP contribution in [-0.4, -0.2) is 24.5 Å². The second-order valence-corrected chi connectivity index (χ2v) is 6.87. The van der Waals surface area contributed by atoms with Gasteiger partial charge in [-0.05, 0) is 44.2 Å². The minimum Gasteiger partial charge on any atom is -0.482 e. The van der Waals surface area contributed by atoms with Crippen molar-refractivity contribution < 1.29 is 23.8 Å². The van der Waals surface area contributed by atoms with E-state index in [4.69, 9.17) is 37.4 Å². The standard InChI is InChI=1S/C20H16Cl2O5/c1-11(2)26-19(23)10-25-12-6-7-13-17(8-12)27-18(20(13)24)9-14-15(21)4-3-5-16(14)22/h3-9,11H,10H2,1-2H3/b18-9-. The quantitative estimate of drug-likeness (QED) is 0.519. The first kappa shape index (κ1) is 19.3. The molecule has 7 heteroatoms. The molecule has 0 aliphatic carbocycles. The summed E-state index contributed by atoms with van der Waals surface area (Å²) < 4.78 is 16.0. The molecule has 0 unspecified atom stereocenters. The van der Waals surface area contributed by atoms with Crippen LogP contribution in [0, 0.1) is 0 Å². The summed E-state index contributed by atoms with van der Waals surface area (Å²) in [6.07, 6.45) is 1.29. The lowest BCUT2D eigenvalue weighted by Gasteiger charge is -2.09. The number of esters is 1. The minimum absolute atomic E-state index is 0.108. The Morgan fingerprint density at radius 2 is 1.89 bits per heavy atom. The first-order valence-corrected chi connectivity index (χ1v) is 8.95. The first-order valence-electron chi connectivity index (χ1n) is 8.19. The summed E-state index contributed by atoms with van der Waals surface area (Å²) in [5.74, 6) is 0.0722. The van der Waals surface area contributed by atoms with Gasteiger partial charge in [0.15, 0.2) is 12.4 Å². The molecule has 0 amide bonds. The van der Waals surface area contributed by atoms with Crippen LogP contribution in [0.15, 0.2) is 42.2 Å². The summed E-state index contributed by atoms with van der Waals surface area (Å²) in [5.41, 5.74) is 0.895. The Kier molecular flexibility index (Phi) is 5.73. The predicted octanol–water partition coefficient (Wildman–Crippen LogP) is 4.94. The van der Waals surface area contributed by atoms with E-state index in [2.05, 4.69) is 0 Å². The highest BCUT2D eigenvalue weighted by atomic mass is 35.5. The van der Waals surface area contributed by atoms with Gasteiger partial charge in [0.05, 0.1) is 11.7 Å². The van der Waals surface area contributed by atoms with E-state index >= 15 is 0 Å². The third-order valence-corrected chi connectivity index (χ3v) is 4.30. The zero-order chi connectivity index (χ0) is 19.6. The molecule has 1 heterocycles. The molecular weight excluding hydrogens is 391 g/mol. The Labute approximate surface area is 166 Å². The topological polar surface area (TPSA) is 61.8 Å². The van der Waals surface area contributed by atoms with Gasteiger partial charge in [-0.25, -0.2) is 4.79 Å². The van der Waals surface area contributed by atoms with Crippen LogP contribution in [0.2, 0.25) is 10.0 Å². The third-order valence-electron chi connectivity index (χ3n) is 3.64. The van der Waals surface area contributed by atoms with Crippen molar-refractivity contribution in [1.82, 2.24) is 0 Å². The van der Waals surface area contributed by atoms with Crippen molar-refractivity contribution in [2.45, 2.75) is 20.0 Å². The molecule has 0 bridgehead atoms. The van der Waals surface area contributed by atoms with Crippen LogP contribution >= 0.6 is 23.2 Å². The highest BCUT2D eigenvalue weighted by Crippen LogP contribution is 2.36. The molecule has 27 heavy (non-hydrogen) atoms. The van der Waals surface area contributed by atoms with Gasteiger partial charge in [-0.2, -0.15) is 0 Å². The highest BCUT2D eigenvalue weighted by Gasteiger charge is 2.28. The maximum absolute atomic E-state index is 12.5. The van der Waals surface area contributed by atoms with Crippen molar-refractivity contribution in [3.8, 4) is 11.5 Å². The Hall–Kier alpha value is -2.50. The average Bonchev–Trinajstić information content (AvgIpc) is 2.91. The number of fused-ring (bicyclic) bond motifs is 1. The van der Waals surface area contributed by atoms with E-state index in [-0.39, 0.29) is 24.3 Å². The van der Waals surface area contributed by atoms with E-state index in [0.29, 0.717) is 32.7 Å². The number of benzene rings is 2. The van der Waals surface area contributed by atoms with Gasteiger partial charge in [-0.3, -0.25) is 4.79 Å². The van der Waals surface area contributed by atoms with Gasteiger partial charge in [0.1, 0.15) is 11.5 Å². The van der Waals surface area contributed by atoms with Gasteiger partial charge in [0.2, 0.25) is 5.78 Å². The monoisotopic (exact) mass is 406 g/mol. The van der Waals surface area contributed by atoms with Crippen molar-refractivity contribution in [3.05, 3.63) is 63.3 Å². The van der Waals surface area contributed by atoms with E-state index in [9.17, 15) is 9.59 Å². The highest BCUT2D eigenvalue weighted by molar-refractivity contribution is 6.37. The Morgan fingerprint density at radius 1 is 1.19 bits per heavy atom. The van der Waals surface area contributed by atoms with E-state index in [1.807, 2.05) is 0 Å². The lowest BCUT2D eigenvalue weighted by molar-refractivity contribution is -0.149. The van der Waals surface area contributed by atoms with Gasteiger partial charge in [-0.15, -0.1) is 0 Å². The van der Waals surface area contributed by atoms with Crippen LogP contribution in [0.5, 0.6) is 11.5 Å². The number of hydrogen-bond donors (Lipinski definition) is 0. The minimum atomic E-state index is -0.476. The fourth-order valence-corrected chi connectivity index (χ4v) is 2.98. The van der Waals surface area contributed by atoms with Crippen LogP contribution < -0.4 is 9.47 Å². The zero-order valence-corrected chi connectivity index (χ0v) is 16.1. The number of carbonyl (C=O) groups excluding carboxylic acids is 2. The van der Waals surface area contributed by atoms with Crippen LogP contribution in [0.4, 0.5) is 0 Å². The third kappa shape index (κ3) is 4.43. The van der Waals surface area contributed by atoms with Gasteiger partial charge >= 0.3 is 5.97 Å². The molecule has 5 nitrogen and oxygen atoms in total. The second-order valence-electron chi connectivity index (χ2n) is 6.06. The maximum atomic E-state index is 12.5. The van der Waals surface area contributed by atoms with E-state index < -0.39 is 5.97 Å². The molecule has 1 aliphatic rings. The molecule has 0 radical (unpaired) electrons. The lowest BCUT2D eigenvalue weighted by atomic mass is 10.1. The molecule has 2 aromatic carbocycles. The molecule has 0 N–H and O–H groups in total. The molecule has 1 aliphatic heterocycles. The number of Topliss-reactive ketones (excluding diaryl/α,β-unsaturated/α-hetero) is 1. The lowest BCUT2D eigenvalue weighted by Crippen LogP contribution is -2.18. The maximum Gasteiger partial charge on any atom is 0.344 e. The molecule has 0 saturated heterocycles. The van der Waals surface area contributed by atoms with Crippen LogP contribution in [0.3, 0.4) is 0 Å². The Morgan fingerprint density at radius 3 is 2.56 bits per heavy atom. The summed E-state index contributed by atoms with van der Waals surface area (Å²) >= 11 is 12.3. The van der Waals surface area contributed by atoms with Crippen molar-refractivity contribution in [1.29, 1.82) is 0 Å². The average molecular weight is 407 g/mol. The van der Waals surface area contributed by atoms with Crippen molar-refractivity contribution >= 4 is 41.0 Å². The Balaban J connectivity index is 1.77. The van der Waals surface area contributed by atoms with Crippen molar-refractivity contribution in [2.24, 2.45) is 0 Å². The molecule has 0 atom stereocenters. The van der Waals surface area contributed by atoms with E-state index in [1.54, 1.807) is 50.2 Å². The Bertz CT molecular complexity index is 914. The van der Waals surface area contributed by atoms with Crippen LogP contribution in [-0.2, 0) is 9.53 Å². The van der Waals surface area contributed by atoms with Crippen LogP contribution in [0.25, 0.3) is 6.08 Å². The summed E-state index contributed by atoms with van der Waals surface area (Å²) in [4.78, 5) is 24.1. The van der Waals surface area contributed by atoms with Gasteiger partial charge < -0.3 is 14.2 Å². The number of rotatable bonds is 5. The number of halogens is 2. The largest absolute Gasteiger partial charge is 0.482 e. The fraction of sp³-hybridized carbons (Fsp3) is 0.200. The van der Waals surface area contributed by atoms with E-state index in [0.717, 1.165) is 0 Å². The first-order chi connectivity index (χ1) is 12.8. The SMILES string of the molecule is CC(C)OC(=O)COc1ccc2c(c1)O/C(=C\c1c(Cl)cccc1Cl)C2=O. The molecule has 0 fully saturated rings. The number of allylic oxidation sites excluding steroid dienone is 1. The number of hydrogen-bond acceptors (Lipinski definition) is 5. The molecule has 0 spiro atoms. The second kappa shape index (κ2) is 8.03. The van der Waals surface area contributed by atoms with Gasteiger partial charge in [-0.1, -0.05) is 29.3 Å². The number of carbonyl (C=O) groups is 2. The summed E-state index contributed by atoms with van der Waals surface area (Å²) in [7, 11) is 0. The smallest absolute Gasteiger partial charge is 0.344 e. The number of ether oxygens (including phenoxy) is 3. The van der Waals surface area contributed by atoms with Gasteiger partial charge in [0, 0.05) is 21.7 Å². The molecule has 140 valence electrons. The fourth-order valence-electron chi connectivity index (χ4n) is 2.48. The number of ketones is 1. The molecular formula is C20H16Cl2O5.